The minimum Gasteiger partial charge on any atom is -0.273 e. The van der Waals surface area contributed by atoms with Crippen LogP contribution in [0.3, 0.4) is 0 Å². The Kier molecular flexibility index (Phi) is 11.3. The smallest absolute Gasteiger partial charge is 0.109 e. The van der Waals surface area contributed by atoms with Crippen LogP contribution in [0, 0.1) is 6.08 Å². The van der Waals surface area contributed by atoms with Gasteiger partial charge in [0.1, 0.15) is 0 Å². The van der Waals surface area contributed by atoms with Crippen LogP contribution in [0.5, 0.6) is 0 Å². The van der Waals surface area contributed by atoms with Gasteiger partial charge in [-0.3, -0.25) is 6.08 Å². The van der Waals surface area contributed by atoms with E-state index in [-0.39, 0.29) is 10.8 Å². The molecule has 0 N–H and O–H groups in total. The van der Waals surface area contributed by atoms with Crippen molar-refractivity contribution in [2.24, 2.45) is 0 Å². The quantitative estimate of drug-likeness (QED) is 0.0945. The van der Waals surface area contributed by atoms with E-state index in [4.69, 9.17) is 0 Å². The molecule has 0 bridgehead atoms. The molecule has 7 heteroatoms. The molecular formula is C41H38F6Hf. The minimum absolute atomic E-state index is 0.203. The molecule has 0 spiro atoms. The summed E-state index contributed by atoms with van der Waals surface area (Å²) in [7, 11) is 0. The number of halogens is 6. The van der Waals surface area contributed by atoms with Crippen molar-refractivity contribution in [1.29, 1.82) is 0 Å². The number of hydrogen-bond donors (Lipinski definition) is 0. The minimum atomic E-state index is -4.48. The molecule has 48 heavy (non-hydrogen) atoms. The molecule has 248 valence electrons. The Hall–Kier alpha value is -3.45. The molecule has 0 nitrogen and oxygen atoms in total. The molecule has 5 aromatic carbocycles. The number of alkyl halides is 6. The summed E-state index contributed by atoms with van der Waals surface area (Å²) in [5, 5.41) is 5.48. The molecule has 0 heterocycles. The van der Waals surface area contributed by atoms with Crippen LogP contribution in [0.1, 0.15) is 81.3 Å². The molecule has 0 saturated heterocycles. The summed E-state index contributed by atoms with van der Waals surface area (Å²) in [5.41, 5.74) is 2.17. The summed E-state index contributed by atoms with van der Waals surface area (Å²) < 4.78 is 76.7. The Morgan fingerprint density at radius 2 is 1.04 bits per heavy atom. The molecule has 0 aliphatic heterocycles. The van der Waals surface area contributed by atoms with Crippen molar-refractivity contribution >= 4 is 24.8 Å². The van der Waals surface area contributed by atoms with E-state index in [1.807, 2.05) is 12.2 Å². The molecule has 5 aromatic rings. The zero-order chi connectivity index (χ0) is 35.5. The van der Waals surface area contributed by atoms with Gasteiger partial charge in [-0.2, -0.15) is 6.08 Å². The monoisotopic (exact) mass is 824 g/mol. The van der Waals surface area contributed by atoms with Crippen molar-refractivity contribution in [3.8, 4) is 0 Å². The zero-order valence-corrected chi connectivity index (χ0v) is 31.5. The number of benzene rings is 4. The zero-order valence-electron chi connectivity index (χ0n) is 27.9. The maximum atomic E-state index is 12.7. The topological polar surface area (TPSA) is 0 Å². The molecule has 0 saturated carbocycles. The largest absolute Gasteiger partial charge is 0.273 e. The molecule has 0 unspecified atom stereocenters. The first kappa shape index (κ1) is 37.4. The SMILES string of the molecule is CC(C)(C)c1ccc2c(c1)[cH-]c1cc(C(C)(C)C)ccc12.FC(F)(F)c1cccc([C](=[Hf+2])c2cccc(C(F)(F)F)c2)c1.[C-]1=CC=CC1. The van der Waals surface area contributed by atoms with E-state index in [0.29, 0.717) is 38.3 Å². The van der Waals surface area contributed by atoms with Gasteiger partial charge in [-0.05, 0) is 10.8 Å². The fourth-order valence-corrected chi connectivity index (χ4v) is 6.28. The third-order valence-electron chi connectivity index (χ3n) is 7.98. The second-order valence-corrected chi connectivity index (χ2v) is 15.6. The maximum Gasteiger partial charge on any atom is -0.109 e. The molecule has 0 radical (unpaired) electrons. The van der Waals surface area contributed by atoms with Gasteiger partial charge in [-0.25, -0.2) is 12.2 Å². The average molecular weight is 823 g/mol. The molecule has 1 aliphatic carbocycles. The molecule has 0 fully saturated rings. The molecular weight excluding hydrogens is 785 g/mol. The Morgan fingerprint density at radius 1 is 0.604 bits per heavy atom. The van der Waals surface area contributed by atoms with Crippen LogP contribution >= 0.6 is 0 Å². The summed E-state index contributed by atoms with van der Waals surface area (Å²) in [6.45, 7) is 13.6. The van der Waals surface area contributed by atoms with Crippen LogP contribution in [-0.2, 0) is 47.1 Å². The summed E-state index contributed by atoms with van der Waals surface area (Å²) >= 11 is 0.316. The third kappa shape index (κ3) is 9.58. The average Bonchev–Trinajstić information content (AvgIpc) is 3.71. The van der Waals surface area contributed by atoms with Crippen LogP contribution in [0.2, 0.25) is 0 Å². The maximum absolute atomic E-state index is 12.7. The molecule has 6 rings (SSSR count). The van der Waals surface area contributed by atoms with Gasteiger partial charge in [-0.1, -0.05) is 76.9 Å². The number of fused-ring (bicyclic) bond motifs is 3. The fraction of sp³-hybridized carbons (Fsp3) is 0.268. The summed E-state index contributed by atoms with van der Waals surface area (Å²) in [6.07, 6.45) is 1.04. The van der Waals surface area contributed by atoms with Crippen LogP contribution in [0.15, 0.2) is 109 Å². The van der Waals surface area contributed by atoms with E-state index in [1.165, 1.54) is 56.9 Å². The fourth-order valence-electron chi connectivity index (χ4n) is 5.16. The van der Waals surface area contributed by atoms with Crippen molar-refractivity contribution < 1.29 is 50.2 Å². The number of rotatable bonds is 2. The van der Waals surface area contributed by atoms with E-state index in [9.17, 15) is 26.3 Å². The number of hydrogen-bond acceptors (Lipinski definition) is 0. The van der Waals surface area contributed by atoms with E-state index in [1.54, 1.807) is 0 Å². The first-order chi connectivity index (χ1) is 22.2. The van der Waals surface area contributed by atoms with Crippen LogP contribution in [0.4, 0.5) is 26.3 Å². The predicted molar refractivity (Wildman–Crippen MR) is 182 cm³/mol. The Labute approximate surface area is 293 Å². The summed E-state index contributed by atoms with van der Waals surface area (Å²) in [5.74, 6) is 0. The second-order valence-electron chi connectivity index (χ2n) is 13.8. The normalized spacial score (nSPS) is 13.3. The van der Waals surface area contributed by atoms with Gasteiger partial charge in [0.15, 0.2) is 0 Å². The van der Waals surface area contributed by atoms with Gasteiger partial charge < -0.3 is 0 Å². The van der Waals surface area contributed by atoms with Gasteiger partial charge in [0.2, 0.25) is 0 Å². The summed E-state index contributed by atoms with van der Waals surface area (Å²) in [6, 6.07) is 25.4. The Balaban J connectivity index is 0.000000189. The Morgan fingerprint density at radius 3 is 1.35 bits per heavy atom. The van der Waals surface area contributed by atoms with E-state index in [2.05, 4.69) is 96.2 Å². The van der Waals surface area contributed by atoms with E-state index >= 15 is 0 Å². The van der Waals surface area contributed by atoms with Gasteiger partial charge in [0, 0.05) is 0 Å². The predicted octanol–water partition coefficient (Wildman–Crippen LogP) is 12.5. The Bertz CT molecular complexity index is 1820. The van der Waals surface area contributed by atoms with Crippen LogP contribution < -0.4 is 0 Å². The van der Waals surface area contributed by atoms with Crippen LogP contribution in [-0.4, -0.2) is 3.26 Å². The first-order valence-electron chi connectivity index (χ1n) is 15.5. The molecule has 0 aromatic heterocycles. The molecule has 0 amide bonds. The standard InChI is InChI=1S/C21H25.C15H8F6.C5H5.Hf/c1-20(2,3)16-7-9-18-14(12-16)11-15-13-17(21(4,5)6)8-10-19(15)18;16-14(17,18)12-5-1-3-10(8-12)7-11-4-2-6-13(9-11)15(19,20)21;1-2-4-5-3-1;/h7-13H,1-6H3;1-6,8-9H;1-3H,4H2;/q-1;;-1;+2. The van der Waals surface area contributed by atoms with Crippen molar-refractivity contribution in [3.63, 3.8) is 0 Å². The number of allylic oxidation sites excluding steroid dienone is 4. The van der Waals surface area contributed by atoms with Gasteiger partial charge >= 0.3 is 137 Å². The van der Waals surface area contributed by atoms with Gasteiger partial charge in [-0.15, -0.1) is 46.2 Å². The van der Waals surface area contributed by atoms with Gasteiger partial charge in [0.25, 0.3) is 0 Å². The van der Waals surface area contributed by atoms with Crippen molar-refractivity contribution in [2.75, 3.05) is 0 Å². The first-order valence-corrected chi connectivity index (χ1v) is 17.3. The van der Waals surface area contributed by atoms with Crippen molar-refractivity contribution in [3.05, 3.63) is 149 Å². The molecule has 0 atom stereocenters. The van der Waals surface area contributed by atoms with Crippen molar-refractivity contribution in [2.45, 2.75) is 71.1 Å². The van der Waals surface area contributed by atoms with Gasteiger partial charge in [0.05, 0.1) is 0 Å². The van der Waals surface area contributed by atoms with E-state index in [0.717, 1.165) is 30.7 Å². The third-order valence-corrected chi connectivity index (χ3v) is 10.1. The summed E-state index contributed by atoms with van der Waals surface area (Å²) in [4.78, 5) is 0. The molecule has 1 aliphatic rings. The van der Waals surface area contributed by atoms with Crippen molar-refractivity contribution in [1.82, 2.24) is 0 Å². The van der Waals surface area contributed by atoms with E-state index < -0.39 is 23.5 Å². The van der Waals surface area contributed by atoms with Crippen LogP contribution in [0.25, 0.3) is 21.5 Å². The second kappa shape index (κ2) is 14.6.